The monoisotopic (exact) mass is 222 g/mol. The van der Waals surface area contributed by atoms with Gasteiger partial charge in [-0.15, -0.1) is 0 Å². The predicted molar refractivity (Wildman–Crippen MR) is 58.8 cm³/mol. The van der Waals surface area contributed by atoms with E-state index in [0.717, 1.165) is 0 Å². The zero-order chi connectivity index (χ0) is 12.3. The van der Waals surface area contributed by atoms with Gasteiger partial charge in [-0.25, -0.2) is 4.79 Å². The predicted octanol–water partition coefficient (Wildman–Crippen LogP) is 2.13. The van der Waals surface area contributed by atoms with Gasteiger partial charge in [-0.05, 0) is 39.0 Å². The first kappa shape index (κ1) is 12.2. The summed E-state index contributed by atoms with van der Waals surface area (Å²) in [6.07, 6.45) is 0. The summed E-state index contributed by atoms with van der Waals surface area (Å²) >= 11 is 0. The zero-order valence-corrected chi connectivity index (χ0v) is 9.48. The van der Waals surface area contributed by atoms with Crippen molar-refractivity contribution < 1.29 is 19.4 Å². The Labute approximate surface area is 93.9 Å². The van der Waals surface area contributed by atoms with Gasteiger partial charge in [-0.2, -0.15) is 0 Å². The van der Waals surface area contributed by atoms with E-state index in [9.17, 15) is 9.59 Å². The Morgan fingerprint density at radius 1 is 1.31 bits per heavy atom. The Morgan fingerprint density at radius 3 is 2.44 bits per heavy atom. The van der Waals surface area contributed by atoms with Crippen LogP contribution in [0.5, 0.6) is 5.75 Å². The lowest BCUT2D eigenvalue weighted by Crippen LogP contribution is -2.36. The number of rotatable bonds is 4. The minimum Gasteiger partial charge on any atom is -0.480 e. The molecule has 4 nitrogen and oxygen atoms in total. The SMILES string of the molecule is CC(=O)C(C)(C)Oc1cccc(C(=O)O)c1. The number of hydrogen-bond donors (Lipinski definition) is 1. The lowest BCUT2D eigenvalue weighted by molar-refractivity contribution is -0.129. The van der Waals surface area contributed by atoms with Crippen molar-refractivity contribution in [3.8, 4) is 5.75 Å². The molecule has 0 unspecified atom stereocenters. The molecule has 4 heteroatoms. The van der Waals surface area contributed by atoms with E-state index in [1.807, 2.05) is 0 Å². The Morgan fingerprint density at radius 2 is 1.94 bits per heavy atom. The number of benzene rings is 1. The smallest absolute Gasteiger partial charge is 0.335 e. The summed E-state index contributed by atoms with van der Waals surface area (Å²) in [6.45, 7) is 4.71. The van der Waals surface area contributed by atoms with Gasteiger partial charge in [0.05, 0.1) is 5.56 Å². The normalized spacial score (nSPS) is 10.9. The maximum absolute atomic E-state index is 11.2. The van der Waals surface area contributed by atoms with Crippen molar-refractivity contribution >= 4 is 11.8 Å². The topological polar surface area (TPSA) is 63.6 Å². The van der Waals surface area contributed by atoms with Crippen LogP contribution in [0.25, 0.3) is 0 Å². The Kier molecular flexibility index (Phi) is 3.32. The number of hydrogen-bond acceptors (Lipinski definition) is 3. The second-order valence-corrected chi connectivity index (χ2v) is 4.00. The Balaban J connectivity index is 2.94. The zero-order valence-electron chi connectivity index (χ0n) is 9.48. The molecule has 0 saturated heterocycles. The molecule has 0 spiro atoms. The van der Waals surface area contributed by atoms with Crippen LogP contribution in [0.1, 0.15) is 31.1 Å². The molecule has 0 aliphatic rings. The van der Waals surface area contributed by atoms with Crippen LogP contribution in [-0.4, -0.2) is 22.5 Å². The highest BCUT2D eigenvalue weighted by molar-refractivity contribution is 5.88. The van der Waals surface area contributed by atoms with E-state index < -0.39 is 11.6 Å². The first-order valence-electron chi connectivity index (χ1n) is 4.86. The van der Waals surface area contributed by atoms with E-state index in [4.69, 9.17) is 9.84 Å². The third kappa shape index (κ3) is 2.82. The largest absolute Gasteiger partial charge is 0.480 e. The van der Waals surface area contributed by atoms with Crippen LogP contribution in [0.3, 0.4) is 0 Å². The van der Waals surface area contributed by atoms with Crippen molar-refractivity contribution in [3.05, 3.63) is 29.8 Å². The number of ether oxygens (including phenoxy) is 1. The molecular weight excluding hydrogens is 208 g/mol. The molecule has 86 valence electrons. The van der Waals surface area contributed by atoms with Crippen molar-refractivity contribution in [1.82, 2.24) is 0 Å². The second-order valence-electron chi connectivity index (χ2n) is 4.00. The molecule has 0 atom stereocenters. The van der Waals surface area contributed by atoms with Gasteiger partial charge in [0.25, 0.3) is 0 Å². The highest BCUT2D eigenvalue weighted by Gasteiger charge is 2.25. The number of carbonyl (C=O) groups is 2. The summed E-state index contributed by atoms with van der Waals surface area (Å²) in [4.78, 5) is 22.0. The lowest BCUT2D eigenvalue weighted by Gasteiger charge is -2.23. The third-order valence-corrected chi connectivity index (χ3v) is 2.30. The third-order valence-electron chi connectivity index (χ3n) is 2.30. The van der Waals surface area contributed by atoms with Crippen LogP contribution in [0.15, 0.2) is 24.3 Å². The highest BCUT2D eigenvalue weighted by atomic mass is 16.5. The summed E-state index contributed by atoms with van der Waals surface area (Å²) in [5.74, 6) is -0.764. The molecule has 0 saturated carbocycles. The maximum atomic E-state index is 11.2. The van der Waals surface area contributed by atoms with Crippen LogP contribution >= 0.6 is 0 Å². The van der Waals surface area contributed by atoms with Crippen LogP contribution in [0.2, 0.25) is 0 Å². The quantitative estimate of drug-likeness (QED) is 0.847. The van der Waals surface area contributed by atoms with Crippen molar-refractivity contribution in [3.63, 3.8) is 0 Å². The fraction of sp³-hybridized carbons (Fsp3) is 0.333. The van der Waals surface area contributed by atoms with Crippen LogP contribution in [0, 0.1) is 0 Å². The number of carbonyl (C=O) groups excluding carboxylic acids is 1. The molecule has 0 aromatic heterocycles. The summed E-state index contributed by atoms with van der Waals surface area (Å²) in [5, 5.41) is 8.79. The van der Waals surface area contributed by atoms with E-state index in [2.05, 4.69) is 0 Å². The first-order valence-corrected chi connectivity index (χ1v) is 4.86. The lowest BCUT2D eigenvalue weighted by atomic mass is 10.1. The average molecular weight is 222 g/mol. The summed E-state index contributed by atoms with van der Waals surface area (Å²) in [7, 11) is 0. The molecule has 1 aromatic rings. The van der Waals surface area contributed by atoms with E-state index in [1.165, 1.54) is 19.1 Å². The molecule has 0 aliphatic carbocycles. The van der Waals surface area contributed by atoms with Gasteiger partial charge in [0.1, 0.15) is 5.75 Å². The van der Waals surface area contributed by atoms with Gasteiger partial charge in [-0.1, -0.05) is 6.07 Å². The number of ketones is 1. The minimum absolute atomic E-state index is 0.117. The van der Waals surface area contributed by atoms with Crippen molar-refractivity contribution in [1.29, 1.82) is 0 Å². The van der Waals surface area contributed by atoms with Crippen molar-refractivity contribution in [2.75, 3.05) is 0 Å². The van der Waals surface area contributed by atoms with E-state index >= 15 is 0 Å². The van der Waals surface area contributed by atoms with E-state index in [-0.39, 0.29) is 11.3 Å². The summed E-state index contributed by atoms with van der Waals surface area (Å²) in [6, 6.07) is 6.06. The number of carboxylic acids is 1. The maximum Gasteiger partial charge on any atom is 0.335 e. The van der Waals surface area contributed by atoms with Crippen molar-refractivity contribution in [2.24, 2.45) is 0 Å². The van der Waals surface area contributed by atoms with Crippen molar-refractivity contribution in [2.45, 2.75) is 26.4 Å². The highest BCUT2D eigenvalue weighted by Crippen LogP contribution is 2.20. The average Bonchev–Trinajstić information content (AvgIpc) is 2.17. The van der Waals surface area contributed by atoms with Gasteiger partial charge >= 0.3 is 5.97 Å². The first-order chi connectivity index (χ1) is 7.33. The molecule has 0 heterocycles. The molecule has 0 radical (unpaired) electrons. The molecule has 1 rings (SSSR count). The molecule has 0 fully saturated rings. The molecule has 1 aromatic carbocycles. The molecule has 0 bridgehead atoms. The second kappa shape index (κ2) is 4.35. The Bertz CT molecular complexity index is 421. The minimum atomic E-state index is -1.02. The standard InChI is InChI=1S/C12H14O4/c1-8(13)12(2,3)16-10-6-4-5-9(7-10)11(14)15/h4-7H,1-3H3,(H,14,15). The molecular formula is C12H14O4. The fourth-order valence-corrected chi connectivity index (χ4v) is 1.06. The van der Waals surface area contributed by atoms with E-state index in [0.29, 0.717) is 5.75 Å². The fourth-order valence-electron chi connectivity index (χ4n) is 1.06. The number of aromatic carboxylic acids is 1. The molecule has 16 heavy (non-hydrogen) atoms. The van der Waals surface area contributed by atoms with Gasteiger partial charge in [0.2, 0.25) is 0 Å². The molecule has 0 aliphatic heterocycles. The number of carboxylic acid groups (broad SMARTS) is 1. The van der Waals surface area contributed by atoms with Crippen LogP contribution in [0.4, 0.5) is 0 Å². The Hall–Kier alpha value is -1.84. The summed E-state index contributed by atoms with van der Waals surface area (Å²) < 4.78 is 5.44. The number of Topliss-reactive ketones (excluding diaryl/α,β-unsaturated/α-hetero) is 1. The van der Waals surface area contributed by atoms with Crippen LogP contribution in [-0.2, 0) is 4.79 Å². The summed E-state index contributed by atoms with van der Waals surface area (Å²) in [5.41, 5.74) is -0.811. The molecule has 0 amide bonds. The van der Waals surface area contributed by atoms with Gasteiger partial charge in [0, 0.05) is 0 Å². The molecule has 1 N–H and O–H groups in total. The van der Waals surface area contributed by atoms with Gasteiger partial charge < -0.3 is 9.84 Å². The van der Waals surface area contributed by atoms with E-state index in [1.54, 1.807) is 26.0 Å². The van der Waals surface area contributed by atoms with Gasteiger partial charge in [0.15, 0.2) is 11.4 Å². The van der Waals surface area contributed by atoms with Gasteiger partial charge in [-0.3, -0.25) is 4.79 Å². The van der Waals surface area contributed by atoms with Crippen LogP contribution < -0.4 is 4.74 Å².